The summed E-state index contributed by atoms with van der Waals surface area (Å²) in [7, 11) is 0. The highest BCUT2D eigenvalue weighted by atomic mass is 19.3. The predicted octanol–water partition coefficient (Wildman–Crippen LogP) is 5.66. The Balaban J connectivity index is 1.71. The molecule has 0 saturated heterocycles. The van der Waals surface area contributed by atoms with Crippen LogP contribution in [0.15, 0.2) is 24.3 Å². The summed E-state index contributed by atoms with van der Waals surface area (Å²) in [6.45, 7) is 0. The Labute approximate surface area is 126 Å². The van der Waals surface area contributed by atoms with Crippen LogP contribution in [-0.2, 0) is 0 Å². The SMILES string of the molecule is N#Cc1ccc(C2CCC(CCCCC(F)F)CC2)cc1. The molecule has 0 unspecified atom stereocenters. The lowest BCUT2D eigenvalue weighted by atomic mass is 9.77. The van der Waals surface area contributed by atoms with Crippen LogP contribution in [0.4, 0.5) is 8.78 Å². The second kappa shape index (κ2) is 8.12. The highest BCUT2D eigenvalue weighted by molar-refractivity contribution is 5.33. The zero-order valence-corrected chi connectivity index (χ0v) is 12.4. The predicted molar refractivity (Wildman–Crippen MR) is 80.3 cm³/mol. The monoisotopic (exact) mass is 291 g/mol. The summed E-state index contributed by atoms with van der Waals surface area (Å²) in [6.07, 6.45) is 5.41. The van der Waals surface area contributed by atoms with Crippen LogP contribution in [0.2, 0.25) is 0 Å². The molecule has 1 aromatic carbocycles. The first-order chi connectivity index (χ1) is 10.2. The van der Waals surface area contributed by atoms with E-state index in [1.54, 1.807) is 0 Å². The molecule has 0 aromatic heterocycles. The fourth-order valence-corrected chi connectivity index (χ4v) is 3.35. The van der Waals surface area contributed by atoms with E-state index in [9.17, 15) is 8.78 Å². The standard InChI is InChI=1S/C18H23F2N/c19-18(20)4-2-1-3-14-5-9-16(10-6-14)17-11-7-15(13-21)8-12-17/h7-8,11-12,14,16,18H,1-6,9-10H2. The summed E-state index contributed by atoms with van der Waals surface area (Å²) in [5.41, 5.74) is 2.05. The second-order valence-corrected chi connectivity index (χ2v) is 6.13. The molecule has 1 aliphatic carbocycles. The molecule has 1 saturated carbocycles. The molecule has 0 atom stereocenters. The zero-order valence-electron chi connectivity index (χ0n) is 12.4. The van der Waals surface area contributed by atoms with E-state index in [4.69, 9.17) is 5.26 Å². The van der Waals surface area contributed by atoms with Crippen LogP contribution in [0.25, 0.3) is 0 Å². The molecule has 0 bridgehead atoms. The molecule has 114 valence electrons. The topological polar surface area (TPSA) is 23.8 Å². The Kier molecular flexibility index (Phi) is 6.17. The third-order valence-corrected chi connectivity index (χ3v) is 4.64. The summed E-state index contributed by atoms with van der Waals surface area (Å²) in [5.74, 6) is 1.33. The van der Waals surface area contributed by atoms with Crippen LogP contribution in [-0.4, -0.2) is 6.43 Å². The van der Waals surface area contributed by atoms with Crippen LogP contribution in [0.5, 0.6) is 0 Å². The number of alkyl halides is 2. The third-order valence-electron chi connectivity index (χ3n) is 4.64. The minimum atomic E-state index is -2.14. The Morgan fingerprint density at radius 3 is 2.29 bits per heavy atom. The van der Waals surface area contributed by atoms with Gasteiger partial charge in [-0.25, -0.2) is 8.78 Å². The number of hydrogen-bond acceptors (Lipinski definition) is 1. The van der Waals surface area contributed by atoms with Gasteiger partial charge in [0.25, 0.3) is 0 Å². The highest BCUT2D eigenvalue weighted by Gasteiger charge is 2.22. The summed E-state index contributed by atoms with van der Waals surface area (Å²) in [5, 5.41) is 8.81. The number of benzene rings is 1. The molecule has 0 radical (unpaired) electrons. The minimum Gasteiger partial charge on any atom is -0.211 e. The molecule has 1 aliphatic rings. The second-order valence-electron chi connectivity index (χ2n) is 6.13. The van der Waals surface area contributed by atoms with Crippen LogP contribution >= 0.6 is 0 Å². The first-order valence-electron chi connectivity index (χ1n) is 7.97. The lowest BCUT2D eigenvalue weighted by Gasteiger charge is -2.29. The number of nitrogens with zero attached hydrogens (tertiary/aromatic N) is 1. The summed E-state index contributed by atoms with van der Waals surface area (Å²) >= 11 is 0. The molecule has 1 nitrogen and oxygen atoms in total. The largest absolute Gasteiger partial charge is 0.238 e. The maximum absolute atomic E-state index is 12.1. The molecular formula is C18H23F2N. The first-order valence-corrected chi connectivity index (χ1v) is 7.97. The van der Waals surface area contributed by atoms with Crippen LogP contribution in [0.1, 0.15) is 68.4 Å². The van der Waals surface area contributed by atoms with Crippen LogP contribution < -0.4 is 0 Å². The quantitative estimate of drug-likeness (QED) is 0.620. The molecule has 21 heavy (non-hydrogen) atoms. The van der Waals surface area contributed by atoms with Gasteiger partial charge in [0.05, 0.1) is 11.6 Å². The van der Waals surface area contributed by atoms with Gasteiger partial charge in [0.2, 0.25) is 6.43 Å². The molecule has 0 aliphatic heterocycles. The number of rotatable bonds is 6. The van der Waals surface area contributed by atoms with Gasteiger partial charge in [-0.15, -0.1) is 0 Å². The van der Waals surface area contributed by atoms with Gasteiger partial charge in [0.15, 0.2) is 0 Å². The fourth-order valence-electron chi connectivity index (χ4n) is 3.35. The van der Waals surface area contributed by atoms with E-state index in [0.717, 1.165) is 18.8 Å². The van der Waals surface area contributed by atoms with Gasteiger partial charge in [-0.2, -0.15) is 5.26 Å². The summed E-state index contributed by atoms with van der Waals surface area (Å²) < 4.78 is 24.1. The van der Waals surface area contributed by atoms with E-state index in [1.807, 2.05) is 12.1 Å². The van der Waals surface area contributed by atoms with Crippen molar-refractivity contribution >= 4 is 0 Å². The van der Waals surface area contributed by atoms with Crippen molar-refractivity contribution in [3.8, 4) is 6.07 Å². The molecule has 1 fully saturated rings. The average molecular weight is 291 g/mol. The number of halogens is 2. The normalized spacial score (nSPS) is 22.2. The molecule has 0 spiro atoms. The molecule has 3 heteroatoms. The molecule has 0 N–H and O–H groups in total. The summed E-state index contributed by atoms with van der Waals surface area (Å²) in [6, 6.07) is 10.1. The smallest absolute Gasteiger partial charge is 0.211 e. The van der Waals surface area contributed by atoms with Crippen molar-refractivity contribution in [1.82, 2.24) is 0 Å². The molecular weight excluding hydrogens is 268 g/mol. The zero-order chi connectivity index (χ0) is 15.1. The van der Waals surface area contributed by atoms with Gasteiger partial charge in [-0.1, -0.05) is 25.0 Å². The molecule has 0 amide bonds. The van der Waals surface area contributed by atoms with Gasteiger partial charge in [0, 0.05) is 6.42 Å². The van der Waals surface area contributed by atoms with E-state index < -0.39 is 6.43 Å². The van der Waals surface area contributed by atoms with Gasteiger partial charge >= 0.3 is 0 Å². The minimum absolute atomic E-state index is 0.0561. The number of hydrogen-bond donors (Lipinski definition) is 0. The molecule has 2 rings (SSSR count). The number of nitriles is 1. The van der Waals surface area contributed by atoms with E-state index in [-0.39, 0.29) is 6.42 Å². The van der Waals surface area contributed by atoms with Crippen molar-refractivity contribution in [2.75, 3.05) is 0 Å². The van der Waals surface area contributed by atoms with E-state index in [1.165, 1.54) is 31.2 Å². The number of unbranched alkanes of at least 4 members (excludes halogenated alkanes) is 1. The Morgan fingerprint density at radius 1 is 1.05 bits per heavy atom. The first kappa shape index (κ1) is 15.9. The summed E-state index contributed by atoms with van der Waals surface area (Å²) in [4.78, 5) is 0. The molecule has 0 heterocycles. The van der Waals surface area contributed by atoms with Crippen molar-refractivity contribution in [1.29, 1.82) is 5.26 Å². The van der Waals surface area contributed by atoms with Crippen LogP contribution in [0.3, 0.4) is 0 Å². The van der Waals surface area contributed by atoms with Crippen molar-refractivity contribution in [3.05, 3.63) is 35.4 Å². The van der Waals surface area contributed by atoms with Gasteiger partial charge < -0.3 is 0 Å². The van der Waals surface area contributed by atoms with E-state index in [2.05, 4.69) is 18.2 Å². The van der Waals surface area contributed by atoms with Crippen LogP contribution in [0, 0.1) is 17.2 Å². The van der Waals surface area contributed by atoms with Gasteiger partial charge in [-0.3, -0.25) is 0 Å². The van der Waals surface area contributed by atoms with Gasteiger partial charge in [-0.05, 0) is 61.6 Å². The highest BCUT2D eigenvalue weighted by Crippen LogP contribution is 2.37. The Hall–Kier alpha value is -1.43. The van der Waals surface area contributed by atoms with Crippen molar-refractivity contribution < 1.29 is 8.78 Å². The lowest BCUT2D eigenvalue weighted by Crippen LogP contribution is -2.13. The maximum Gasteiger partial charge on any atom is 0.238 e. The van der Waals surface area contributed by atoms with Crippen molar-refractivity contribution in [2.45, 2.75) is 63.7 Å². The average Bonchev–Trinajstić information content (AvgIpc) is 2.52. The Bertz CT molecular complexity index is 453. The lowest BCUT2D eigenvalue weighted by molar-refractivity contribution is 0.132. The fraction of sp³-hybridized carbons (Fsp3) is 0.611. The third kappa shape index (κ3) is 5.12. The molecule has 1 aromatic rings. The maximum atomic E-state index is 12.1. The van der Waals surface area contributed by atoms with E-state index in [0.29, 0.717) is 17.9 Å². The van der Waals surface area contributed by atoms with Gasteiger partial charge in [0.1, 0.15) is 0 Å². The Morgan fingerprint density at radius 2 is 1.71 bits per heavy atom. The van der Waals surface area contributed by atoms with E-state index >= 15 is 0 Å². The van der Waals surface area contributed by atoms with Crippen molar-refractivity contribution in [2.24, 2.45) is 5.92 Å². The van der Waals surface area contributed by atoms with Crippen molar-refractivity contribution in [3.63, 3.8) is 0 Å².